The van der Waals surface area contributed by atoms with Gasteiger partial charge in [-0.2, -0.15) is 0 Å². The van der Waals surface area contributed by atoms with Crippen molar-refractivity contribution < 1.29 is 14.3 Å². The molecule has 0 aromatic heterocycles. The van der Waals surface area contributed by atoms with Gasteiger partial charge < -0.3 is 15.0 Å². The summed E-state index contributed by atoms with van der Waals surface area (Å²) in [6.07, 6.45) is 0.481. The van der Waals surface area contributed by atoms with Crippen LogP contribution in [-0.4, -0.2) is 36.4 Å². The number of carbonyl (C=O) groups is 2. The predicted molar refractivity (Wildman–Crippen MR) is 136 cm³/mol. The lowest BCUT2D eigenvalue weighted by Crippen LogP contribution is -2.50. The Morgan fingerprint density at radius 3 is 2.32 bits per heavy atom. The largest absolute Gasteiger partial charge is 0.497 e. The minimum absolute atomic E-state index is 0.0888. The van der Waals surface area contributed by atoms with Gasteiger partial charge >= 0.3 is 0 Å². The Labute approximate surface area is 210 Å². The lowest BCUT2D eigenvalue weighted by atomic mass is 10.0. The van der Waals surface area contributed by atoms with Gasteiger partial charge in [0.1, 0.15) is 11.8 Å². The number of ether oxygens (including phenoxy) is 1. The molecule has 178 valence electrons. The van der Waals surface area contributed by atoms with E-state index in [-0.39, 0.29) is 24.8 Å². The van der Waals surface area contributed by atoms with Crippen LogP contribution in [0.3, 0.4) is 0 Å². The number of amides is 2. The normalized spacial score (nSPS) is 11.5. The highest BCUT2D eigenvalue weighted by atomic mass is 35.5. The fourth-order valence-corrected chi connectivity index (χ4v) is 4.06. The fourth-order valence-electron chi connectivity index (χ4n) is 3.74. The zero-order valence-electron chi connectivity index (χ0n) is 19.3. The summed E-state index contributed by atoms with van der Waals surface area (Å²) in [7, 11) is 1.60. The van der Waals surface area contributed by atoms with Crippen LogP contribution in [0.2, 0.25) is 10.0 Å². The molecule has 1 N–H and O–H groups in total. The number of hydrogen-bond acceptors (Lipinski definition) is 3. The molecule has 0 unspecified atom stereocenters. The summed E-state index contributed by atoms with van der Waals surface area (Å²) in [5.74, 6) is 0.303. The fraction of sp³-hybridized carbons (Fsp3) is 0.259. The number of nitrogens with one attached hydrogen (secondary N) is 1. The van der Waals surface area contributed by atoms with Crippen LogP contribution >= 0.6 is 23.2 Å². The van der Waals surface area contributed by atoms with Gasteiger partial charge in [0, 0.05) is 19.5 Å². The Morgan fingerprint density at radius 2 is 1.65 bits per heavy atom. The second-order valence-electron chi connectivity index (χ2n) is 7.90. The first-order valence-corrected chi connectivity index (χ1v) is 11.8. The van der Waals surface area contributed by atoms with Gasteiger partial charge in [0.25, 0.3) is 0 Å². The third kappa shape index (κ3) is 6.99. The van der Waals surface area contributed by atoms with E-state index in [1.54, 1.807) is 30.2 Å². The van der Waals surface area contributed by atoms with Crippen molar-refractivity contribution in [1.29, 1.82) is 0 Å². The second kappa shape index (κ2) is 12.4. The van der Waals surface area contributed by atoms with Crippen molar-refractivity contribution in [2.24, 2.45) is 0 Å². The molecule has 2 amide bonds. The van der Waals surface area contributed by atoms with Crippen LogP contribution in [0, 0.1) is 0 Å². The maximum absolute atomic E-state index is 13.6. The summed E-state index contributed by atoms with van der Waals surface area (Å²) in [4.78, 5) is 28.5. The lowest BCUT2D eigenvalue weighted by Gasteiger charge is -2.31. The summed E-state index contributed by atoms with van der Waals surface area (Å²) >= 11 is 12.2. The number of likely N-dealkylation sites (N-methyl/N-ethyl adjacent to an activating group) is 1. The average Bonchev–Trinajstić information content (AvgIpc) is 2.84. The molecule has 5 nitrogen and oxygen atoms in total. The molecular weight excluding hydrogens is 471 g/mol. The Balaban J connectivity index is 1.97. The highest BCUT2D eigenvalue weighted by Crippen LogP contribution is 2.24. The Hall–Kier alpha value is -3.02. The van der Waals surface area contributed by atoms with Gasteiger partial charge in [-0.05, 0) is 47.9 Å². The smallest absolute Gasteiger partial charge is 0.243 e. The number of nitrogens with zero attached hydrogens (tertiary/aromatic N) is 1. The van der Waals surface area contributed by atoms with Crippen LogP contribution in [0.25, 0.3) is 0 Å². The molecule has 0 aliphatic heterocycles. The minimum atomic E-state index is -0.691. The van der Waals surface area contributed by atoms with Crippen molar-refractivity contribution in [2.75, 3.05) is 13.7 Å². The number of halogens is 2. The summed E-state index contributed by atoms with van der Waals surface area (Å²) in [5, 5.41) is 3.71. The van der Waals surface area contributed by atoms with Gasteiger partial charge in [-0.15, -0.1) is 0 Å². The number of methoxy groups -OCH3 is 1. The number of hydrogen-bond donors (Lipinski definition) is 1. The van der Waals surface area contributed by atoms with Crippen molar-refractivity contribution in [2.45, 2.75) is 32.4 Å². The van der Waals surface area contributed by atoms with Crippen LogP contribution in [-0.2, 0) is 29.0 Å². The molecule has 0 aliphatic rings. The van der Waals surface area contributed by atoms with E-state index in [0.29, 0.717) is 28.8 Å². The van der Waals surface area contributed by atoms with E-state index in [1.165, 1.54) is 0 Å². The SMILES string of the molecule is CCNC(=O)[C@@H](Cc1ccccc1)N(Cc1cccc(OC)c1)C(=O)Cc1ccc(Cl)c(Cl)c1. The standard InChI is InChI=1S/C27H28Cl2N2O3/c1-3-30-27(33)25(16-19-8-5-4-6-9-19)31(18-21-10-7-11-22(14-21)34-2)26(32)17-20-12-13-23(28)24(29)15-20/h4-15,25H,3,16-18H2,1-2H3,(H,30,33)/t25-/m1/s1. The second-order valence-corrected chi connectivity index (χ2v) is 8.71. The Kier molecular flexibility index (Phi) is 9.37. The van der Waals surface area contributed by atoms with E-state index in [2.05, 4.69) is 5.32 Å². The number of benzene rings is 3. The molecule has 3 aromatic carbocycles. The minimum Gasteiger partial charge on any atom is -0.497 e. The van der Waals surface area contributed by atoms with Crippen LogP contribution in [0.5, 0.6) is 5.75 Å². The van der Waals surface area contributed by atoms with E-state index in [0.717, 1.165) is 16.7 Å². The quantitative estimate of drug-likeness (QED) is 0.411. The van der Waals surface area contributed by atoms with Crippen molar-refractivity contribution in [3.05, 3.63) is 99.5 Å². The van der Waals surface area contributed by atoms with Crippen molar-refractivity contribution in [3.63, 3.8) is 0 Å². The van der Waals surface area contributed by atoms with Gasteiger partial charge in [-0.1, -0.05) is 71.7 Å². The van der Waals surface area contributed by atoms with Gasteiger partial charge in [0.15, 0.2) is 0 Å². The molecule has 7 heteroatoms. The first kappa shape index (κ1) is 25.6. The lowest BCUT2D eigenvalue weighted by molar-refractivity contribution is -0.140. The van der Waals surface area contributed by atoms with Crippen LogP contribution in [0.4, 0.5) is 0 Å². The molecule has 0 aliphatic carbocycles. The van der Waals surface area contributed by atoms with Crippen molar-refractivity contribution >= 4 is 35.0 Å². The molecule has 0 saturated carbocycles. The van der Waals surface area contributed by atoms with E-state index in [9.17, 15) is 9.59 Å². The van der Waals surface area contributed by atoms with Crippen molar-refractivity contribution in [1.82, 2.24) is 10.2 Å². The topological polar surface area (TPSA) is 58.6 Å². The molecule has 0 fully saturated rings. The molecule has 0 radical (unpaired) electrons. The molecule has 3 rings (SSSR count). The van der Waals surface area contributed by atoms with Gasteiger partial charge in [-0.25, -0.2) is 0 Å². The monoisotopic (exact) mass is 498 g/mol. The van der Waals surface area contributed by atoms with Gasteiger partial charge in [0.2, 0.25) is 11.8 Å². The maximum Gasteiger partial charge on any atom is 0.243 e. The Morgan fingerprint density at radius 1 is 0.912 bits per heavy atom. The molecule has 3 aromatic rings. The van der Waals surface area contributed by atoms with E-state index in [1.807, 2.05) is 61.5 Å². The molecule has 0 saturated heterocycles. The third-order valence-corrected chi connectivity index (χ3v) is 6.19. The van der Waals surface area contributed by atoms with Gasteiger partial charge in [-0.3, -0.25) is 9.59 Å². The summed E-state index contributed by atoms with van der Waals surface area (Å²) in [6, 6.07) is 21.6. The molecule has 0 spiro atoms. The average molecular weight is 499 g/mol. The van der Waals surface area contributed by atoms with E-state index < -0.39 is 6.04 Å². The van der Waals surface area contributed by atoms with Crippen LogP contribution < -0.4 is 10.1 Å². The summed E-state index contributed by atoms with van der Waals surface area (Å²) < 4.78 is 5.35. The molecule has 1 atom stereocenters. The van der Waals surface area contributed by atoms with E-state index >= 15 is 0 Å². The number of rotatable bonds is 10. The molecule has 0 heterocycles. The Bertz CT molecular complexity index is 1120. The maximum atomic E-state index is 13.6. The summed E-state index contributed by atoms with van der Waals surface area (Å²) in [6.45, 7) is 2.59. The first-order valence-electron chi connectivity index (χ1n) is 11.1. The van der Waals surface area contributed by atoms with Crippen LogP contribution in [0.1, 0.15) is 23.6 Å². The first-order chi connectivity index (χ1) is 16.4. The zero-order chi connectivity index (χ0) is 24.5. The molecule has 34 heavy (non-hydrogen) atoms. The highest BCUT2D eigenvalue weighted by Gasteiger charge is 2.30. The van der Waals surface area contributed by atoms with Crippen LogP contribution in [0.15, 0.2) is 72.8 Å². The van der Waals surface area contributed by atoms with E-state index in [4.69, 9.17) is 27.9 Å². The number of carbonyl (C=O) groups excluding carboxylic acids is 2. The zero-order valence-corrected chi connectivity index (χ0v) is 20.8. The molecule has 0 bridgehead atoms. The molecular formula is C27H28Cl2N2O3. The predicted octanol–water partition coefficient (Wildman–Crippen LogP) is 5.32. The van der Waals surface area contributed by atoms with Crippen molar-refractivity contribution in [3.8, 4) is 5.75 Å². The third-order valence-electron chi connectivity index (χ3n) is 5.45. The van der Waals surface area contributed by atoms with Gasteiger partial charge in [0.05, 0.1) is 23.6 Å². The highest BCUT2D eigenvalue weighted by molar-refractivity contribution is 6.42. The summed E-state index contributed by atoms with van der Waals surface area (Å²) in [5.41, 5.74) is 2.56.